The van der Waals surface area contributed by atoms with E-state index in [1.165, 1.54) is 0 Å². The fourth-order valence-corrected chi connectivity index (χ4v) is 2.73. The van der Waals surface area contributed by atoms with Crippen LogP contribution in [0.15, 0.2) is 22.5 Å². The molecule has 158 valence electrons. The SMILES string of the molecule is CCNC(=NCC(=O)Nc1ccc(F)c(F)c1F)NCc1nc(C(F)(F)F)cs1. The lowest BCUT2D eigenvalue weighted by atomic mass is 10.3. The number of thiazole rings is 1. The Morgan fingerprint density at radius 2 is 1.90 bits per heavy atom. The number of halogens is 6. The van der Waals surface area contributed by atoms with Gasteiger partial charge in [-0.05, 0) is 19.1 Å². The zero-order chi connectivity index (χ0) is 21.6. The molecule has 0 spiro atoms. The van der Waals surface area contributed by atoms with Gasteiger partial charge in [0.2, 0.25) is 5.91 Å². The third-order valence-electron chi connectivity index (χ3n) is 3.28. The molecule has 13 heteroatoms. The standard InChI is InChI=1S/C16H15F6N5OS/c1-2-23-15(25-6-12-27-10(7-29-12)16(20,21)22)24-5-11(28)26-9-4-3-8(17)13(18)14(9)19/h3-4,7H,2,5-6H2,1H3,(H,26,28)(H2,23,24,25). The number of aromatic nitrogens is 1. The van der Waals surface area contributed by atoms with Crippen LogP contribution in [0.25, 0.3) is 0 Å². The van der Waals surface area contributed by atoms with Crippen molar-refractivity contribution in [3.63, 3.8) is 0 Å². The molecule has 6 nitrogen and oxygen atoms in total. The molecule has 0 aliphatic rings. The number of rotatable bonds is 6. The smallest absolute Gasteiger partial charge is 0.357 e. The first-order chi connectivity index (χ1) is 13.6. The molecule has 0 unspecified atom stereocenters. The van der Waals surface area contributed by atoms with Crippen LogP contribution < -0.4 is 16.0 Å². The van der Waals surface area contributed by atoms with E-state index in [1.807, 2.05) is 0 Å². The number of amides is 1. The van der Waals surface area contributed by atoms with E-state index in [-0.39, 0.29) is 17.5 Å². The summed E-state index contributed by atoms with van der Waals surface area (Å²) in [5.41, 5.74) is -1.56. The molecule has 3 N–H and O–H groups in total. The van der Waals surface area contributed by atoms with Gasteiger partial charge < -0.3 is 16.0 Å². The first-order valence-corrected chi connectivity index (χ1v) is 8.97. The number of nitrogens with zero attached hydrogens (tertiary/aromatic N) is 2. The zero-order valence-electron chi connectivity index (χ0n) is 14.8. The second-order valence-corrected chi connectivity index (χ2v) is 6.39. The van der Waals surface area contributed by atoms with Crippen LogP contribution in [0.2, 0.25) is 0 Å². The van der Waals surface area contributed by atoms with Gasteiger partial charge in [-0.2, -0.15) is 13.2 Å². The maximum Gasteiger partial charge on any atom is 0.434 e. The zero-order valence-corrected chi connectivity index (χ0v) is 15.6. The number of anilines is 1. The van der Waals surface area contributed by atoms with Crippen molar-refractivity contribution in [3.05, 3.63) is 45.7 Å². The van der Waals surface area contributed by atoms with E-state index in [0.717, 1.165) is 22.8 Å². The lowest BCUT2D eigenvalue weighted by Crippen LogP contribution is -2.37. The number of hydrogen-bond donors (Lipinski definition) is 3. The molecule has 0 atom stereocenters. The van der Waals surface area contributed by atoms with Crippen LogP contribution in [0.1, 0.15) is 17.6 Å². The Kier molecular flexibility index (Phi) is 7.42. The highest BCUT2D eigenvalue weighted by atomic mass is 32.1. The summed E-state index contributed by atoms with van der Waals surface area (Å²) in [6.07, 6.45) is -4.54. The predicted octanol–water partition coefficient (Wildman–Crippen LogP) is 3.27. The molecule has 0 radical (unpaired) electrons. The molecule has 1 amide bonds. The molecule has 1 aromatic heterocycles. The fourth-order valence-electron chi connectivity index (χ4n) is 1.99. The van der Waals surface area contributed by atoms with Gasteiger partial charge in [-0.3, -0.25) is 4.79 Å². The third-order valence-corrected chi connectivity index (χ3v) is 4.13. The van der Waals surface area contributed by atoms with Gasteiger partial charge in [0, 0.05) is 11.9 Å². The molecule has 2 rings (SSSR count). The normalized spacial score (nSPS) is 12.0. The Morgan fingerprint density at radius 3 is 2.52 bits per heavy atom. The highest BCUT2D eigenvalue weighted by molar-refractivity contribution is 7.09. The Morgan fingerprint density at radius 1 is 1.17 bits per heavy atom. The van der Waals surface area contributed by atoms with Crippen LogP contribution in [0.3, 0.4) is 0 Å². The van der Waals surface area contributed by atoms with Crippen LogP contribution in [0, 0.1) is 17.5 Å². The van der Waals surface area contributed by atoms with Gasteiger partial charge in [-0.25, -0.2) is 23.1 Å². The average Bonchev–Trinajstić information content (AvgIpc) is 3.14. The first kappa shape index (κ1) is 22.5. The van der Waals surface area contributed by atoms with E-state index in [4.69, 9.17) is 0 Å². The molecule has 1 heterocycles. The number of alkyl halides is 3. The molecule has 0 fully saturated rings. The molecule has 29 heavy (non-hydrogen) atoms. The topological polar surface area (TPSA) is 78.4 Å². The minimum Gasteiger partial charge on any atom is -0.357 e. The lowest BCUT2D eigenvalue weighted by Gasteiger charge is -2.10. The van der Waals surface area contributed by atoms with Crippen molar-refractivity contribution in [2.75, 3.05) is 18.4 Å². The maximum atomic E-state index is 13.6. The van der Waals surface area contributed by atoms with E-state index in [9.17, 15) is 31.1 Å². The number of benzene rings is 1. The molecule has 0 aliphatic carbocycles. The first-order valence-electron chi connectivity index (χ1n) is 8.09. The molecule has 1 aromatic carbocycles. The molecule has 0 saturated carbocycles. The summed E-state index contributed by atoms with van der Waals surface area (Å²) in [7, 11) is 0. The van der Waals surface area contributed by atoms with Crippen LogP contribution in [0.4, 0.5) is 32.0 Å². The number of guanidine groups is 1. The van der Waals surface area contributed by atoms with Crippen molar-refractivity contribution in [2.45, 2.75) is 19.6 Å². The van der Waals surface area contributed by atoms with Crippen molar-refractivity contribution in [1.29, 1.82) is 0 Å². The lowest BCUT2D eigenvalue weighted by molar-refractivity contribution is -0.140. The Bertz CT molecular complexity index is 898. The fraction of sp³-hybridized carbons (Fsp3) is 0.312. The van der Waals surface area contributed by atoms with Gasteiger partial charge in [-0.1, -0.05) is 0 Å². The van der Waals surface area contributed by atoms with E-state index in [1.54, 1.807) is 6.92 Å². The molecule has 2 aromatic rings. The highest BCUT2D eigenvalue weighted by Gasteiger charge is 2.33. The molecular formula is C16H15F6N5OS. The van der Waals surface area contributed by atoms with Crippen LogP contribution >= 0.6 is 11.3 Å². The van der Waals surface area contributed by atoms with E-state index < -0.39 is 47.5 Å². The van der Waals surface area contributed by atoms with Crippen molar-refractivity contribution in [3.8, 4) is 0 Å². The minimum atomic E-state index is -4.54. The van der Waals surface area contributed by atoms with Crippen molar-refractivity contribution in [2.24, 2.45) is 4.99 Å². The summed E-state index contributed by atoms with van der Waals surface area (Å²) in [4.78, 5) is 19.2. The van der Waals surface area contributed by atoms with E-state index in [2.05, 4.69) is 25.9 Å². The van der Waals surface area contributed by atoms with Gasteiger partial charge in [-0.15, -0.1) is 11.3 Å². The van der Waals surface area contributed by atoms with E-state index in [0.29, 0.717) is 12.6 Å². The highest BCUT2D eigenvalue weighted by Crippen LogP contribution is 2.29. The van der Waals surface area contributed by atoms with Gasteiger partial charge in [0.05, 0.1) is 12.2 Å². The van der Waals surface area contributed by atoms with Gasteiger partial charge in [0.1, 0.15) is 11.6 Å². The number of carbonyl (C=O) groups is 1. The monoisotopic (exact) mass is 439 g/mol. The van der Waals surface area contributed by atoms with Crippen LogP contribution in [-0.4, -0.2) is 29.9 Å². The predicted molar refractivity (Wildman–Crippen MR) is 94.9 cm³/mol. The molecule has 0 bridgehead atoms. The molecule has 0 saturated heterocycles. The number of nitrogens with one attached hydrogen (secondary N) is 3. The summed E-state index contributed by atoms with van der Waals surface area (Å²) in [6, 6.07) is 1.52. The quantitative estimate of drug-likeness (QED) is 0.280. The molecule has 0 aliphatic heterocycles. The summed E-state index contributed by atoms with van der Waals surface area (Å²) >= 11 is 0.803. The van der Waals surface area contributed by atoms with Gasteiger partial charge in [0.25, 0.3) is 0 Å². The number of carbonyl (C=O) groups excluding carboxylic acids is 1. The number of hydrogen-bond acceptors (Lipinski definition) is 4. The van der Waals surface area contributed by atoms with Crippen LogP contribution in [-0.2, 0) is 17.5 Å². The van der Waals surface area contributed by atoms with Crippen molar-refractivity contribution < 1.29 is 31.1 Å². The second-order valence-electron chi connectivity index (χ2n) is 5.44. The minimum absolute atomic E-state index is 0.0774. The van der Waals surface area contributed by atoms with Gasteiger partial charge in [0.15, 0.2) is 29.1 Å². The third kappa shape index (κ3) is 6.34. The summed E-state index contributed by atoms with van der Waals surface area (Å²) < 4.78 is 77.3. The Balaban J connectivity index is 1.97. The van der Waals surface area contributed by atoms with Crippen LogP contribution in [0.5, 0.6) is 0 Å². The molecular weight excluding hydrogens is 424 g/mol. The number of aliphatic imine (C=N–C) groups is 1. The van der Waals surface area contributed by atoms with Crippen molar-refractivity contribution in [1.82, 2.24) is 15.6 Å². The summed E-state index contributed by atoms with van der Waals surface area (Å²) in [6.45, 7) is 1.52. The average molecular weight is 439 g/mol. The van der Waals surface area contributed by atoms with Gasteiger partial charge >= 0.3 is 6.18 Å². The summed E-state index contributed by atoms with van der Waals surface area (Å²) in [5, 5.41) is 8.55. The van der Waals surface area contributed by atoms with E-state index >= 15 is 0 Å². The Hall–Kier alpha value is -2.83. The Labute approximate surface area is 165 Å². The van der Waals surface area contributed by atoms with Crippen molar-refractivity contribution >= 4 is 28.9 Å². The maximum absolute atomic E-state index is 13.6. The largest absolute Gasteiger partial charge is 0.434 e. The summed E-state index contributed by atoms with van der Waals surface area (Å²) in [5.74, 6) is -5.38. The second kappa shape index (κ2) is 9.58.